The van der Waals surface area contributed by atoms with Crippen molar-refractivity contribution < 1.29 is 9.59 Å². The molecule has 0 aliphatic heterocycles. The number of thioether (sulfide) groups is 1. The van der Waals surface area contributed by atoms with Crippen molar-refractivity contribution in [1.82, 2.24) is 10.2 Å². The standard InChI is InChI=1S/C29H31BrN2O2S/c30-24-13-9-12-23(18-24)20-32(28(33)21-35-26-16-5-2-6-17-26)27(19-22-10-3-1-4-11-22)29(34)31-25-14-7-8-15-25/h1-6,9-13,16-18,25,27H,7-8,14-15,19-21H2,(H,31,34). The van der Waals surface area contributed by atoms with Crippen molar-refractivity contribution in [2.45, 2.75) is 55.6 Å². The normalized spacial score (nSPS) is 14.4. The van der Waals surface area contributed by atoms with E-state index in [2.05, 4.69) is 21.2 Å². The molecule has 0 bridgehead atoms. The lowest BCUT2D eigenvalue weighted by Gasteiger charge is -2.32. The van der Waals surface area contributed by atoms with E-state index in [4.69, 9.17) is 0 Å². The zero-order valence-corrected chi connectivity index (χ0v) is 22.1. The van der Waals surface area contributed by atoms with Gasteiger partial charge in [0.1, 0.15) is 6.04 Å². The number of halogens is 1. The summed E-state index contributed by atoms with van der Waals surface area (Å²) in [4.78, 5) is 30.2. The first-order chi connectivity index (χ1) is 17.1. The molecule has 3 aromatic carbocycles. The molecule has 6 heteroatoms. The number of rotatable bonds is 10. The van der Waals surface area contributed by atoms with Crippen molar-refractivity contribution in [3.05, 3.63) is 101 Å². The molecule has 4 rings (SSSR count). The van der Waals surface area contributed by atoms with Crippen molar-refractivity contribution in [2.24, 2.45) is 0 Å². The van der Waals surface area contributed by atoms with Crippen LogP contribution in [0.25, 0.3) is 0 Å². The first-order valence-electron chi connectivity index (χ1n) is 12.1. The Bertz CT molecular complexity index is 1100. The van der Waals surface area contributed by atoms with Crippen LogP contribution in [0, 0.1) is 0 Å². The minimum atomic E-state index is -0.583. The molecule has 3 aromatic rings. The Morgan fingerprint density at radius 3 is 2.26 bits per heavy atom. The molecule has 1 unspecified atom stereocenters. The molecule has 35 heavy (non-hydrogen) atoms. The van der Waals surface area contributed by atoms with E-state index >= 15 is 0 Å². The van der Waals surface area contributed by atoms with E-state index in [-0.39, 0.29) is 23.6 Å². The van der Waals surface area contributed by atoms with Crippen LogP contribution in [0.3, 0.4) is 0 Å². The van der Waals surface area contributed by atoms with Crippen LogP contribution in [0.2, 0.25) is 0 Å². The van der Waals surface area contributed by atoms with Gasteiger partial charge in [-0.25, -0.2) is 0 Å². The maximum atomic E-state index is 13.7. The zero-order valence-electron chi connectivity index (χ0n) is 19.7. The minimum Gasteiger partial charge on any atom is -0.352 e. The van der Waals surface area contributed by atoms with Crippen LogP contribution in [0.4, 0.5) is 0 Å². The van der Waals surface area contributed by atoms with Gasteiger partial charge in [0.2, 0.25) is 11.8 Å². The molecule has 0 spiro atoms. The monoisotopic (exact) mass is 550 g/mol. The second-order valence-electron chi connectivity index (χ2n) is 8.95. The van der Waals surface area contributed by atoms with Crippen LogP contribution in [0.1, 0.15) is 36.8 Å². The summed E-state index contributed by atoms with van der Waals surface area (Å²) in [7, 11) is 0. The Labute approximate surface area is 220 Å². The topological polar surface area (TPSA) is 49.4 Å². The second kappa shape index (κ2) is 12.9. The van der Waals surface area contributed by atoms with Crippen LogP contribution in [0.5, 0.6) is 0 Å². The Morgan fingerprint density at radius 2 is 1.57 bits per heavy atom. The average molecular weight is 552 g/mol. The van der Waals surface area contributed by atoms with Crippen molar-refractivity contribution in [3.63, 3.8) is 0 Å². The molecule has 1 saturated carbocycles. The number of carbonyl (C=O) groups is 2. The van der Waals surface area contributed by atoms with E-state index in [0.29, 0.717) is 13.0 Å². The summed E-state index contributed by atoms with van der Waals surface area (Å²) in [5.74, 6) is 0.176. The highest BCUT2D eigenvalue weighted by Crippen LogP contribution is 2.23. The molecule has 0 saturated heterocycles. The van der Waals surface area contributed by atoms with E-state index in [9.17, 15) is 9.59 Å². The van der Waals surface area contributed by atoms with E-state index in [1.807, 2.05) is 84.9 Å². The summed E-state index contributed by atoms with van der Waals surface area (Å²) in [5, 5.41) is 3.26. The molecule has 4 nitrogen and oxygen atoms in total. The lowest BCUT2D eigenvalue weighted by atomic mass is 10.0. The van der Waals surface area contributed by atoms with Gasteiger partial charge in [0, 0.05) is 28.4 Å². The van der Waals surface area contributed by atoms with Gasteiger partial charge in [0.05, 0.1) is 5.75 Å². The highest BCUT2D eigenvalue weighted by molar-refractivity contribution is 9.10. The van der Waals surface area contributed by atoms with Gasteiger partial charge in [-0.15, -0.1) is 11.8 Å². The molecule has 1 aliphatic carbocycles. The number of benzene rings is 3. The van der Waals surface area contributed by atoms with Gasteiger partial charge < -0.3 is 10.2 Å². The third kappa shape index (κ3) is 7.71. The molecule has 0 radical (unpaired) electrons. The molecule has 182 valence electrons. The number of hydrogen-bond donors (Lipinski definition) is 1. The molecular formula is C29H31BrN2O2S. The minimum absolute atomic E-state index is 0.0404. The first-order valence-corrected chi connectivity index (χ1v) is 13.9. The number of hydrogen-bond acceptors (Lipinski definition) is 3. The largest absolute Gasteiger partial charge is 0.352 e. The summed E-state index contributed by atoms with van der Waals surface area (Å²) in [6.07, 6.45) is 4.78. The molecule has 0 heterocycles. The summed E-state index contributed by atoms with van der Waals surface area (Å²) in [5.41, 5.74) is 2.03. The van der Waals surface area contributed by atoms with Gasteiger partial charge in [0.15, 0.2) is 0 Å². The molecule has 1 fully saturated rings. The van der Waals surface area contributed by atoms with Gasteiger partial charge in [-0.05, 0) is 48.2 Å². The molecule has 1 aliphatic rings. The Balaban J connectivity index is 1.61. The first kappa shape index (κ1) is 25.5. The smallest absolute Gasteiger partial charge is 0.243 e. The number of nitrogens with zero attached hydrogens (tertiary/aromatic N) is 1. The van der Waals surface area contributed by atoms with E-state index in [0.717, 1.165) is 46.2 Å². The van der Waals surface area contributed by atoms with Crippen LogP contribution in [-0.4, -0.2) is 34.6 Å². The Hall–Kier alpha value is -2.57. The highest BCUT2D eigenvalue weighted by Gasteiger charge is 2.32. The Morgan fingerprint density at radius 1 is 0.914 bits per heavy atom. The predicted octanol–water partition coefficient (Wildman–Crippen LogP) is 6.24. The number of nitrogens with one attached hydrogen (secondary N) is 1. The molecule has 0 aromatic heterocycles. The lowest BCUT2D eigenvalue weighted by Crippen LogP contribution is -2.52. The fourth-order valence-electron chi connectivity index (χ4n) is 4.50. The van der Waals surface area contributed by atoms with E-state index in [1.165, 1.54) is 11.8 Å². The quantitative estimate of drug-likeness (QED) is 0.304. The number of amides is 2. The third-order valence-electron chi connectivity index (χ3n) is 6.32. The van der Waals surface area contributed by atoms with Gasteiger partial charge in [0.25, 0.3) is 0 Å². The summed E-state index contributed by atoms with van der Waals surface area (Å²) < 4.78 is 0.955. The van der Waals surface area contributed by atoms with E-state index < -0.39 is 6.04 Å². The molecule has 1 N–H and O–H groups in total. The van der Waals surface area contributed by atoms with Crippen molar-refractivity contribution in [1.29, 1.82) is 0 Å². The lowest BCUT2D eigenvalue weighted by molar-refractivity contribution is -0.139. The SMILES string of the molecule is O=C(NC1CCCC1)C(Cc1ccccc1)N(Cc1cccc(Br)c1)C(=O)CSc1ccccc1. The summed E-state index contributed by atoms with van der Waals surface area (Å²) in [6, 6.07) is 27.5. The van der Waals surface area contributed by atoms with Crippen LogP contribution < -0.4 is 5.32 Å². The maximum Gasteiger partial charge on any atom is 0.243 e. The summed E-state index contributed by atoms with van der Waals surface area (Å²) in [6.45, 7) is 0.378. The van der Waals surface area contributed by atoms with E-state index in [1.54, 1.807) is 4.90 Å². The fraction of sp³-hybridized carbons (Fsp3) is 0.310. The number of carbonyl (C=O) groups excluding carboxylic acids is 2. The molecule has 1 atom stereocenters. The van der Waals surface area contributed by atoms with Crippen molar-refractivity contribution in [2.75, 3.05) is 5.75 Å². The second-order valence-corrected chi connectivity index (χ2v) is 10.9. The highest BCUT2D eigenvalue weighted by atomic mass is 79.9. The van der Waals surface area contributed by atoms with Crippen LogP contribution in [0.15, 0.2) is 94.3 Å². The third-order valence-corrected chi connectivity index (χ3v) is 7.81. The van der Waals surface area contributed by atoms with Crippen LogP contribution >= 0.6 is 27.7 Å². The fourth-order valence-corrected chi connectivity index (χ4v) is 5.75. The summed E-state index contributed by atoms with van der Waals surface area (Å²) >= 11 is 5.05. The predicted molar refractivity (Wildman–Crippen MR) is 146 cm³/mol. The van der Waals surface area contributed by atoms with Gasteiger partial charge in [-0.2, -0.15) is 0 Å². The van der Waals surface area contributed by atoms with Crippen molar-refractivity contribution in [3.8, 4) is 0 Å². The van der Waals surface area contributed by atoms with Crippen LogP contribution in [-0.2, 0) is 22.6 Å². The average Bonchev–Trinajstić information content (AvgIpc) is 3.39. The van der Waals surface area contributed by atoms with Crippen molar-refractivity contribution >= 4 is 39.5 Å². The van der Waals surface area contributed by atoms with Gasteiger partial charge in [-0.1, -0.05) is 89.4 Å². The zero-order chi connectivity index (χ0) is 24.5. The Kier molecular flexibility index (Phi) is 9.43. The van der Waals surface area contributed by atoms with Gasteiger partial charge in [-0.3, -0.25) is 9.59 Å². The molecular weight excluding hydrogens is 520 g/mol. The maximum absolute atomic E-state index is 13.7. The molecule has 2 amide bonds. The van der Waals surface area contributed by atoms with Gasteiger partial charge >= 0.3 is 0 Å².